The third kappa shape index (κ3) is 3.76. The van der Waals surface area contributed by atoms with Gasteiger partial charge in [-0.25, -0.2) is 0 Å². The van der Waals surface area contributed by atoms with Gasteiger partial charge in [-0.3, -0.25) is 14.6 Å². The van der Waals surface area contributed by atoms with Crippen molar-refractivity contribution in [2.24, 2.45) is 5.41 Å². The Bertz CT molecular complexity index is 439. The second kappa shape index (κ2) is 5.42. The lowest BCUT2D eigenvalue weighted by Crippen LogP contribution is -2.23. The Kier molecular flexibility index (Phi) is 4.38. The van der Waals surface area contributed by atoms with Crippen molar-refractivity contribution in [3.63, 3.8) is 0 Å². The van der Waals surface area contributed by atoms with E-state index in [1.165, 1.54) is 0 Å². The molecule has 0 spiro atoms. The van der Waals surface area contributed by atoms with E-state index in [2.05, 4.69) is 18.8 Å². The van der Waals surface area contributed by atoms with Crippen LogP contribution in [0.25, 0.3) is 0 Å². The monoisotopic (exact) mass is 247 g/mol. The van der Waals surface area contributed by atoms with Crippen molar-refractivity contribution in [2.75, 3.05) is 0 Å². The van der Waals surface area contributed by atoms with Gasteiger partial charge in [-0.15, -0.1) is 0 Å². The summed E-state index contributed by atoms with van der Waals surface area (Å²) in [7, 11) is 0. The molecular weight excluding hydrogens is 226 g/mol. The fraction of sp³-hybridized carbons (Fsp3) is 0.533. The van der Waals surface area contributed by atoms with Crippen molar-refractivity contribution in [1.29, 1.82) is 0 Å². The average Bonchev–Trinajstić information content (AvgIpc) is 2.27. The van der Waals surface area contributed by atoms with Gasteiger partial charge in [0.1, 0.15) is 11.5 Å². The van der Waals surface area contributed by atoms with Gasteiger partial charge < -0.3 is 0 Å². The Hall–Kier alpha value is -1.51. The highest BCUT2D eigenvalue weighted by Crippen LogP contribution is 2.18. The smallest absolute Gasteiger partial charge is 0.188 e. The lowest BCUT2D eigenvalue weighted by atomic mass is 9.87. The molecule has 0 radical (unpaired) electrons. The number of nitrogens with zero attached hydrogens (tertiary/aromatic N) is 1. The van der Waals surface area contributed by atoms with E-state index in [0.29, 0.717) is 11.6 Å². The van der Waals surface area contributed by atoms with Gasteiger partial charge in [-0.2, -0.15) is 0 Å². The number of rotatable bonds is 4. The molecule has 0 amide bonds. The summed E-state index contributed by atoms with van der Waals surface area (Å²) in [5.74, 6) is 0.130. The van der Waals surface area contributed by atoms with Crippen LogP contribution >= 0.6 is 0 Å². The van der Waals surface area contributed by atoms with Gasteiger partial charge in [-0.05, 0) is 17.5 Å². The van der Waals surface area contributed by atoms with Crippen LogP contribution in [0.2, 0.25) is 0 Å². The molecular formula is C15H21NO2. The molecule has 0 fully saturated rings. The van der Waals surface area contributed by atoms with Crippen LogP contribution < -0.4 is 0 Å². The highest BCUT2D eigenvalue weighted by atomic mass is 16.1. The first-order valence-corrected chi connectivity index (χ1v) is 6.24. The number of ketones is 2. The fourth-order valence-electron chi connectivity index (χ4n) is 1.41. The molecule has 0 bridgehead atoms. The summed E-state index contributed by atoms with van der Waals surface area (Å²) in [6, 6.07) is 3.60. The highest BCUT2D eigenvalue weighted by molar-refractivity contribution is 6.08. The molecule has 18 heavy (non-hydrogen) atoms. The van der Waals surface area contributed by atoms with Crippen molar-refractivity contribution in [3.05, 3.63) is 29.6 Å². The molecule has 1 aromatic heterocycles. The zero-order valence-corrected chi connectivity index (χ0v) is 11.8. The van der Waals surface area contributed by atoms with Gasteiger partial charge >= 0.3 is 0 Å². The molecule has 0 aliphatic rings. The molecule has 1 heterocycles. The SMILES string of the molecule is CC(C)c1ccc(C(=O)CC(=O)C(C)(C)C)nc1. The molecule has 0 aliphatic carbocycles. The van der Waals surface area contributed by atoms with Crippen LogP contribution in [-0.4, -0.2) is 16.6 Å². The Morgan fingerprint density at radius 3 is 2.22 bits per heavy atom. The molecule has 0 atom stereocenters. The third-order valence-corrected chi connectivity index (χ3v) is 2.90. The van der Waals surface area contributed by atoms with Gasteiger partial charge in [0.05, 0.1) is 6.42 Å². The van der Waals surface area contributed by atoms with E-state index in [0.717, 1.165) is 5.56 Å². The molecule has 0 saturated heterocycles. The first-order valence-electron chi connectivity index (χ1n) is 6.24. The van der Waals surface area contributed by atoms with Crippen molar-refractivity contribution in [1.82, 2.24) is 4.98 Å². The number of Topliss-reactive ketones (excluding diaryl/α,β-unsaturated/α-hetero) is 2. The third-order valence-electron chi connectivity index (χ3n) is 2.90. The Morgan fingerprint density at radius 1 is 1.22 bits per heavy atom. The molecule has 1 rings (SSSR count). The fourth-order valence-corrected chi connectivity index (χ4v) is 1.41. The van der Waals surface area contributed by atoms with E-state index in [9.17, 15) is 9.59 Å². The predicted molar refractivity (Wildman–Crippen MR) is 71.7 cm³/mol. The van der Waals surface area contributed by atoms with Crippen LogP contribution in [0.3, 0.4) is 0 Å². The van der Waals surface area contributed by atoms with Gasteiger partial charge in [0, 0.05) is 11.6 Å². The summed E-state index contributed by atoms with van der Waals surface area (Å²) < 4.78 is 0. The van der Waals surface area contributed by atoms with Crippen molar-refractivity contribution < 1.29 is 9.59 Å². The van der Waals surface area contributed by atoms with E-state index in [1.54, 1.807) is 12.3 Å². The minimum absolute atomic E-state index is 0.0535. The number of pyridine rings is 1. The summed E-state index contributed by atoms with van der Waals surface area (Å²) in [6.07, 6.45) is 1.64. The zero-order valence-electron chi connectivity index (χ0n) is 11.8. The maximum atomic E-state index is 11.9. The summed E-state index contributed by atoms with van der Waals surface area (Å²) in [4.78, 5) is 27.8. The van der Waals surface area contributed by atoms with Crippen molar-refractivity contribution in [3.8, 4) is 0 Å². The predicted octanol–water partition coefficient (Wildman–Crippen LogP) is 3.39. The largest absolute Gasteiger partial charge is 0.299 e. The molecule has 0 N–H and O–H groups in total. The zero-order chi connectivity index (χ0) is 13.9. The minimum atomic E-state index is -0.479. The van der Waals surface area contributed by atoms with Gasteiger partial charge in [0.2, 0.25) is 0 Å². The normalized spacial score (nSPS) is 11.7. The van der Waals surface area contributed by atoms with E-state index >= 15 is 0 Å². The van der Waals surface area contributed by atoms with Gasteiger partial charge in [-0.1, -0.05) is 40.7 Å². The number of hydrogen-bond acceptors (Lipinski definition) is 3. The van der Waals surface area contributed by atoms with Gasteiger partial charge in [0.15, 0.2) is 5.78 Å². The molecule has 3 nitrogen and oxygen atoms in total. The second-order valence-electron chi connectivity index (χ2n) is 5.90. The molecule has 1 aromatic rings. The van der Waals surface area contributed by atoms with Crippen molar-refractivity contribution >= 4 is 11.6 Å². The lowest BCUT2D eigenvalue weighted by Gasteiger charge is -2.15. The number of carbonyl (C=O) groups excluding carboxylic acids is 2. The Labute approximate surface area is 109 Å². The molecule has 3 heteroatoms. The van der Waals surface area contributed by atoms with Crippen LogP contribution in [0.4, 0.5) is 0 Å². The molecule has 0 aliphatic heterocycles. The molecule has 0 saturated carbocycles. The summed E-state index contributed by atoms with van der Waals surface area (Å²) in [5, 5.41) is 0. The maximum absolute atomic E-state index is 11.9. The van der Waals surface area contributed by atoms with E-state index < -0.39 is 5.41 Å². The molecule has 0 aromatic carbocycles. The summed E-state index contributed by atoms with van der Waals surface area (Å²) in [5.41, 5.74) is 0.985. The maximum Gasteiger partial charge on any atom is 0.188 e. The topological polar surface area (TPSA) is 47.0 Å². The van der Waals surface area contributed by atoms with E-state index in [1.807, 2.05) is 26.8 Å². The first-order chi connectivity index (χ1) is 8.21. The first kappa shape index (κ1) is 14.6. The number of hydrogen-bond donors (Lipinski definition) is 0. The van der Waals surface area contributed by atoms with Crippen LogP contribution in [0.15, 0.2) is 18.3 Å². The Morgan fingerprint density at radius 2 is 1.83 bits per heavy atom. The van der Waals surface area contributed by atoms with Gasteiger partial charge in [0.25, 0.3) is 0 Å². The summed E-state index contributed by atoms with van der Waals surface area (Å²) >= 11 is 0. The lowest BCUT2D eigenvalue weighted by molar-refractivity contribution is -0.125. The number of carbonyl (C=O) groups is 2. The molecule has 0 unspecified atom stereocenters. The van der Waals surface area contributed by atoms with Crippen LogP contribution in [0, 0.1) is 5.41 Å². The van der Waals surface area contributed by atoms with Crippen molar-refractivity contribution in [2.45, 2.75) is 47.0 Å². The summed E-state index contributed by atoms with van der Waals surface area (Å²) in [6.45, 7) is 9.59. The van der Waals surface area contributed by atoms with E-state index in [4.69, 9.17) is 0 Å². The Balaban J connectivity index is 2.77. The van der Waals surface area contributed by atoms with E-state index in [-0.39, 0.29) is 18.0 Å². The standard InChI is InChI=1S/C15H21NO2/c1-10(2)11-6-7-12(16-9-11)13(17)8-14(18)15(3,4)5/h6-7,9-10H,8H2,1-5H3. The minimum Gasteiger partial charge on any atom is -0.299 e. The highest BCUT2D eigenvalue weighted by Gasteiger charge is 2.24. The quantitative estimate of drug-likeness (QED) is 0.605. The average molecular weight is 247 g/mol. The van der Waals surface area contributed by atoms with Crippen LogP contribution in [-0.2, 0) is 4.79 Å². The molecule has 98 valence electrons. The van der Waals surface area contributed by atoms with Crippen LogP contribution in [0.5, 0.6) is 0 Å². The second-order valence-corrected chi connectivity index (χ2v) is 5.90. The van der Waals surface area contributed by atoms with Crippen LogP contribution in [0.1, 0.15) is 63.0 Å². The number of aromatic nitrogens is 1.